The topological polar surface area (TPSA) is 0 Å². The van der Waals surface area contributed by atoms with Gasteiger partial charge in [-0.15, -0.1) is 0 Å². The summed E-state index contributed by atoms with van der Waals surface area (Å²) in [7, 11) is 0. The van der Waals surface area contributed by atoms with Crippen molar-refractivity contribution in [3.05, 3.63) is 71.0 Å². The van der Waals surface area contributed by atoms with Gasteiger partial charge < -0.3 is 0 Å². The van der Waals surface area contributed by atoms with E-state index in [1.165, 1.54) is 17.5 Å². The van der Waals surface area contributed by atoms with E-state index in [2.05, 4.69) is 40.2 Å². The Morgan fingerprint density at radius 1 is 1.05 bits per heavy atom. The van der Waals surface area contributed by atoms with Crippen LogP contribution in [-0.4, -0.2) is 0 Å². The minimum absolute atomic E-state index is 0.0790. The third-order valence-corrected chi connectivity index (χ3v) is 5.47. The second-order valence-electron chi connectivity index (χ2n) is 5.55. The average Bonchev–Trinajstić information content (AvgIpc) is 2.62. The Balaban J connectivity index is 1.86. The van der Waals surface area contributed by atoms with E-state index in [9.17, 15) is 4.39 Å². The van der Waals surface area contributed by atoms with Gasteiger partial charge in [0.15, 0.2) is 0 Å². The van der Waals surface area contributed by atoms with Crippen LogP contribution in [0.3, 0.4) is 0 Å². The molecule has 0 nitrogen and oxygen atoms in total. The lowest BCUT2D eigenvalue weighted by atomic mass is 9.90. The quantitative estimate of drug-likeness (QED) is 0.506. The van der Waals surface area contributed by atoms with E-state index in [0.29, 0.717) is 10.7 Å². The highest BCUT2D eigenvalue weighted by Crippen LogP contribution is 2.41. The van der Waals surface area contributed by atoms with Gasteiger partial charge in [-0.1, -0.05) is 58.4 Å². The molecule has 2 aromatic carbocycles. The lowest BCUT2D eigenvalue weighted by Crippen LogP contribution is -2.11. The van der Waals surface area contributed by atoms with E-state index < -0.39 is 0 Å². The predicted molar refractivity (Wildman–Crippen MR) is 84.6 cm³/mol. The molecule has 0 saturated carbocycles. The summed E-state index contributed by atoms with van der Waals surface area (Å²) < 4.78 is 13.9. The zero-order valence-electron chi connectivity index (χ0n) is 11.4. The zero-order chi connectivity index (χ0) is 13.9. The van der Waals surface area contributed by atoms with Gasteiger partial charge in [-0.2, -0.15) is 0 Å². The summed E-state index contributed by atoms with van der Waals surface area (Å²) in [4.78, 5) is 0.320. The summed E-state index contributed by atoms with van der Waals surface area (Å²) >= 11 is 3.86. The normalized spacial score (nSPS) is 22.1. The van der Waals surface area contributed by atoms with Gasteiger partial charge >= 0.3 is 0 Å². The molecule has 0 spiro atoms. The number of fused-ring (bicyclic) bond motifs is 1. The fourth-order valence-electron chi connectivity index (χ4n) is 3.14. The van der Waals surface area contributed by atoms with Crippen molar-refractivity contribution in [3.8, 4) is 0 Å². The maximum absolute atomic E-state index is 13.9. The number of aryl methyl sites for hydroxylation is 1. The number of alkyl halides is 1. The minimum atomic E-state index is -0.0790. The molecule has 1 aliphatic rings. The molecule has 20 heavy (non-hydrogen) atoms. The van der Waals surface area contributed by atoms with Crippen molar-refractivity contribution in [1.29, 1.82) is 0 Å². The number of benzene rings is 2. The molecule has 0 heterocycles. The van der Waals surface area contributed by atoms with Crippen LogP contribution in [0, 0.1) is 11.7 Å². The van der Waals surface area contributed by atoms with E-state index in [1.54, 1.807) is 12.1 Å². The first-order valence-corrected chi connectivity index (χ1v) is 8.12. The van der Waals surface area contributed by atoms with Crippen LogP contribution in [0.1, 0.15) is 34.4 Å². The molecule has 1 aliphatic carbocycles. The van der Waals surface area contributed by atoms with Crippen molar-refractivity contribution < 1.29 is 4.39 Å². The molecule has 2 unspecified atom stereocenters. The first-order valence-electron chi connectivity index (χ1n) is 7.21. The van der Waals surface area contributed by atoms with Crippen LogP contribution in [0.25, 0.3) is 0 Å². The lowest BCUT2D eigenvalue weighted by molar-refractivity contribution is 0.463. The van der Waals surface area contributed by atoms with Crippen LogP contribution in [0.15, 0.2) is 48.5 Å². The number of hydrogen-bond acceptors (Lipinski definition) is 0. The molecule has 0 amide bonds. The maximum Gasteiger partial charge on any atom is 0.126 e. The Morgan fingerprint density at radius 2 is 1.80 bits per heavy atom. The van der Waals surface area contributed by atoms with Crippen LogP contribution in [0.2, 0.25) is 0 Å². The highest BCUT2D eigenvalue weighted by molar-refractivity contribution is 9.09. The number of halogens is 2. The van der Waals surface area contributed by atoms with E-state index in [1.807, 2.05) is 12.1 Å². The molecule has 0 aromatic heterocycles. The van der Waals surface area contributed by atoms with Gasteiger partial charge in [0.2, 0.25) is 0 Å². The Labute approximate surface area is 128 Å². The first kappa shape index (κ1) is 13.8. The van der Waals surface area contributed by atoms with Crippen molar-refractivity contribution in [2.45, 2.75) is 30.5 Å². The SMILES string of the molecule is Fc1ccccc1CC1CCCc2ccccc2C1Br. The van der Waals surface area contributed by atoms with E-state index >= 15 is 0 Å². The van der Waals surface area contributed by atoms with Gasteiger partial charge in [0.05, 0.1) is 0 Å². The lowest BCUT2D eigenvalue weighted by Gasteiger charge is -2.22. The maximum atomic E-state index is 13.9. The molecule has 2 heteroatoms. The second-order valence-corrected chi connectivity index (χ2v) is 6.53. The molecular weight excluding hydrogens is 315 g/mol. The van der Waals surface area contributed by atoms with Crippen molar-refractivity contribution >= 4 is 15.9 Å². The molecule has 0 fully saturated rings. The number of rotatable bonds is 2. The molecular formula is C18H18BrF. The fraction of sp³-hybridized carbons (Fsp3) is 0.333. The Bertz CT molecular complexity index is 593. The molecule has 0 N–H and O–H groups in total. The van der Waals surface area contributed by atoms with Crippen LogP contribution in [0.4, 0.5) is 4.39 Å². The molecule has 0 aliphatic heterocycles. The molecule has 2 atom stereocenters. The Kier molecular flexibility index (Phi) is 4.21. The third-order valence-electron chi connectivity index (χ3n) is 4.23. The van der Waals surface area contributed by atoms with Gasteiger partial charge in [0.25, 0.3) is 0 Å². The highest BCUT2D eigenvalue weighted by atomic mass is 79.9. The minimum Gasteiger partial charge on any atom is -0.207 e. The van der Waals surface area contributed by atoms with E-state index in [0.717, 1.165) is 24.8 Å². The largest absolute Gasteiger partial charge is 0.207 e. The standard InChI is InChI=1S/C18H18BrF/c19-18-15(12-14-7-2-4-11-17(14)20)9-5-8-13-6-1-3-10-16(13)18/h1-4,6-7,10-11,15,18H,5,8-9,12H2. The van der Waals surface area contributed by atoms with Crippen LogP contribution in [-0.2, 0) is 12.8 Å². The van der Waals surface area contributed by atoms with E-state index in [-0.39, 0.29) is 5.82 Å². The van der Waals surface area contributed by atoms with Gasteiger partial charge in [0.1, 0.15) is 5.82 Å². The summed E-state index contributed by atoms with van der Waals surface area (Å²) in [6.45, 7) is 0. The van der Waals surface area contributed by atoms with Gasteiger partial charge in [-0.3, -0.25) is 0 Å². The summed E-state index contributed by atoms with van der Waals surface area (Å²) in [5, 5.41) is 0. The molecule has 0 radical (unpaired) electrons. The summed E-state index contributed by atoms with van der Waals surface area (Å²) in [6, 6.07) is 15.8. The summed E-state index contributed by atoms with van der Waals surface area (Å²) in [6.07, 6.45) is 4.25. The molecule has 0 saturated heterocycles. The monoisotopic (exact) mass is 332 g/mol. The van der Waals surface area contributed by atoms with Crippen molar-refractivity contribution in [1.82, 2.24) is 0 Å². The fourth-order valence-corrected chi connectivity index (χ4v) is 4.04. The van der Waals surface area contributed by atoms with Gasteiger partial charge in [-0.25, -0.2) is 4.39 Å². The third kappa shape index (κ3) is 2.80. The van der Waals surface area contributed by atoms with Crippen LogP contribution < -0.4 is 0 Å². The van der Waals surface area contributed by atoms with E-state index in [4.69, 9.17) is 0 Å². The molecule has 104 valence electrons. The van der Waals surface area contributed by atoms with Crippen molar-refractivity contribution in [3.63, 3.8) is 0 Å². The Morgan fingerprint density at radius 3 is 2.65 bits per heavy atom. The predicted octanol–water partition coefficient (Wildman–Crippen LogP) is 5.46. The van der Waals surface area contributed by atoms with Crippen molar-refractivity contribution in [2.24, 2.45) is 5.92 Å². The summed E-state index contributed by atoms with van der Waals surface area (Å²) in [5.74, 6) is 0.375. The second kappa shape index (κ2) is 6.09. The number of hydrogen-bond donors (Lipinski definition) is 0. The smallest absolute Gasteiger partial charge is 0.126 e. The molecule has 3 rings (SSSR count). The average molecular weight is 333 g/mol. The molecule has 0 bridgehead atoms. The van der Waals surface area contributed by atoms with Gasteiger partial charge in [-0.05, 0) is 54.4 Å². The van der Waals surface area contributed by atoms with Crippen LogP contribution >= 0.6 is 15.9 Å². The van der Waals surface area contributed by atoms with Crippen LogP contribution in [0.5, 0.6) is 0 Å². The zero-order valence-corrected chi connectivity index (χ0v) is 12.9. The Hall–Kier alpha value is -1.15. The molecule has 2 aromatic rings. The van der Waals surface area contributed by atoms with Gasteiger partial charge in [0, 0.05) is 4.83 Å². The van der Waals surface area contributed by atoms with Crippen molar-refractivity contribution in [2.75, 3.05) is 0 Å². The first-order chi connectivity index (χ1) is 9.75. The highest BCUT2D eigenvalue weighted by Gasteiger charge is 2.26. The summed E-state index contributed by atoms with van der Waals surface area (Å²) in [5.41, 5.74) is 3.65.